The predicted octanol–water partition coefficient (Wildman–Crippen LogP) is 4.18. The first-order chi connectivity index (χ1) is 13.4. The molecule has 0 spiro atoms. The van der Waals surface area contributed by atoms with Crippen LogP contribution >= 0.6 is 25.3 Å². The number of para-hydroxylation sites is 3. The molecular formula is C20H16N2O4S2. The highest BCUT2D eigenvalue weighted by molar-refractivity contribution is 7.83. The molecule has 3 aromatic rings. The number of nitrogens with one attached hydrogen (secondary N) is 2. The molecule has 0 fully saturated rings. The highest BCUT2D eigenvalue weighted by atomic mass is 32.1. The summed E-state index contributed by atoms with van der Waals surface area (Å²) in [6.45, 7) is 0. The molecule has 6 nitrogen and oxygen atoms in total. The molecule has 0 aliphatic rings. The fourth-order valence-electron chi connectivity index (χ4n) is 2.51. The number of phenolic OH excluding ortho intramolecular Hbond substituents is 2. The van der Waals surface area contributed by atoms with Crippen LogP contribution in [0.5, 0.6) is 11.5 Å². The molecule has 0 unspecified atom stereocenters. The molecule has 0 bridgehead atoms. The van der Waals surface area contributed by atoms with Gasteiger partial charge in [-0.2, -0.15) is 0 Å². The summed E-state index contributed by atoms with van der Waals surface area (Å²) in [6, 6.07) is 15.7. The van der Waals surface area contributed by atoms with Gasteiger partial charge in [0.05, 0.1) is 22.5 Å². The topological polar surface area (TPSA) is 98.7 Å². The standard InChI is InChI=1S/C20H16N2O4S2/c23-15-9-3-5-11(17(15)24)19(25)21-13-7-1-2-8-14(13)22-20(26)12-6-4-10-16(27)18(12)28/h1-10,23-24,27-28H,(H,21,25)(H,22,26). The molecule has 0 aromatic heterocycles. The lowest BCUT2D eigenvalue weighted by Crippen LogP contribution is -2.17. The normalized spacial score (nSPS) is 10.4. The van der Waals surface area contributed by atoms with Gasteiger partial charge in [-0.3, -0.25) is 9.59 Å². The summed E-state index contributed by atoms with van der Waals surface area (Å²) >= 11 is 8.56. The first-order valence-electron chi connectivity index (χ1n) is 8.12. The second-order valence-corrected chi connectivity index (χ2v) is 6.73. The van der Waals surface area contributed by atoms with Gasteiger partial charge < -0.3 is 20.8 Å². The first kappa shape index (κ1) is 19.7. The van der Waals surface area contributed by atoms with Crippen LogP contribution < -0.4 is 10.6 Å². The molecule has 0 aliphatic heterocycles. The summed E-state index contributed by atoms with van der Waals surface area (Å²) in [6.07, 6.45) is 0. The van der Waals surface area contributed by atoms with Crippen LogP contribution in [-0.4, -0.2) is 22.0 Å². The Morgan fingerprint density at radius 1 is 0.714 bits per heavy atom. The second kappa shape index (κ2) is 8.28. The van der Waals surface area contributed by atoms with Crippen molar-refractivity contribution in [1.29, 1.82) is 0 Å². The Kier molecular flexibility index (Phi) is 5.81. The average Bonchev–Trinajstić information content (AvgIpc) is 2.67. The molecule has 0 saturated carbocycles. The lowest BCUT2D eigenvalue weighted by Gasteiger charge is -2.14. The van der Waals surface area contributed by atoms with Crippen molar-refractivity contribution in [3.05, 3.63) is 71.8 Å². The van der Waals surface area contributed by atoms with Crippen molar-refractivity contribution < 1.29 is 19.8 Å². The van der Waals surface area contributed by atoms with Crippen molar-refractivity contribution in [2.45, 2.75) is 9.79 Å². The first-order valence-corrected chi connectivity index (χ1v) is 9.01. The van der Waals surface area contributed by atoms with Gasteiger partial charge in [-0.25, -0.2) is 0 Å². The quantitative estimate of drug-likeness (QED) is 0.286. The van der Waals surface area contributed by atoms with Gasteiger partial charge in [0.1, 0.15) is 0 Å². The molecule has 0 aliphatic carbocycles. The Bertz CT molecular complexity index is 985. The van der Waals surface area contributed by atoms with E-state index in [4.69, 9.17) is 0 Å². The van der Waals surface area contributed by atoms with E-state index in [1.807, 2.05) is 0 Å². The molecule has 3 rings (SSSR count). The number of hydrogen-bond acceptors (Lipinski definition) is 6. The predicted molar refractivity (Wildman–Crippen MR) is 113 cm³/mol. The van der Waals surface area contributed by atoms with Crippen molar-refractivity contribution in [2.24, 2.45) is 0 Å². The van der Waals surface area contributed by atoms with Crippen LogP contribution in [0.3, 0.4) is 0 Å². The van der Waals surface area contributed by atoms with Gasteiger partial charge in [0, 0.05) is 9.79 Å². The third-order valence-electron chi connectivity index (χ3n) is 3.94. The lowest BCUT2D eigenvalue weighted by atomic mass is 10.1. The zero-order valence-corrected chi connectivity index (χ0v) is 16.2. The highest BCUT2D eigenvalue weighted by Gasteiger charge is 2.17. The van der Waals surface area contributed by atoms with Crippen LogP contribution in [0.15, 0.2) is 70.5 Å². The van der Waals surface area contributed by atoms with Crippen LogP contribution in [0, 0.1) is 0 Å². The van der Waals surface area contributed by atoms with Crippen molar-refractivity contribution in [1.82, 2.24) is 0 Å². The van der Waals surface area contributed by atoms with E-state index in [1.165, 1.54) is 18.2 Å². The number of phenols is 2. The molecule has 0 heterocycles. The monoisotopic (exact) mass is 412 g/mol. The molecule has 142 valence electrons. The number of carbonyl (C=O) groups excluding carboxylic acids is 2. The van der Waals surface area contributed by atoms with E-state index in [2.05, 4.69) is 35.9 Å². The molecule has 3 aromatic carbocycles. The highest BCUT2D eigenvalue weighted by Crippen LogP contribution is 2.30. The van der Waals surface area contributed by atoms with Crippen molar-refractivity contribution in [3.8, 4) is 11.5 Å². The molecule has 0 radical (unpaired) electrons. The van der Waals surface area contributed by atoms with E-state index < -0.39 is 23.3 Å². The van der Waals surface area contributed by atoms with Crippen molar-refractivity contribution in [2.75, 3.05) is 10.6 Å². The number of benzene rings is 3. The fourth-order valence-corrected chi connectivity index (χ4v) is 2.97. The molecule has 0 atom stereocenters. The number of rotatable bonds is 4. The molecule has 8 heteroatoms. The van der Waals surface area contributed by atoms with Gasteiger partial charge in [0.2, 0.25) is 0 Å². The van der Waals surface area contributed by atoms with E-state index in [0.29, 0.717) is 26.7 Å². The molecule has 0 saturated heterocycles. The molecular weight excluding hydrogens is 396 g/mol. The lowest BCUT2D eigenvalue weighted by molar-refractivity contribution is 0.101. The summed E-state index contributed by atoms with van der Waals surface area (Å²) in [5.74, 6) is -1.97. The van der Waals surface area contributed by atoms with Crippen molar-refractivity contribution >= 4 is 48.4 Å². The van der Waals surface area contributed by atoms with Crippen LogP contribution in [0.2, 0.25) is 0 Å². The maximum absolute atomic E-state index is 12.6. The van der Waals surface area contributed by atoms with Gasteiger partial charge in [0.15, 0.2) is 11.5 Å². The largest absolute Gasteiger partial charge is 0.504 e. The third-order valence-corrected chi connectivity index (χ3v) is 4.97. The summed E-state index contributed by atoms with van der Waals surface area (Å²) in [5, 5.41) is 24.8. The van der Waals surface area contributed by atoms with Gasteiger partial charge in [-0.15, -0.1) is 25.3 Å². The Morgan fingerprint density at radius 3 is 1.89 bits per heavy atom. The van der Waals surface area contributed by atoms with E-state index in [-0.39, 0.29) is 5.56 Å². The summed E-state index contributed by atoms with van der Waals surface area (Å²) in [5.41, 5.74) is 0.924. The summed E-state index contributed by atoms with van der Waals surface area (Å²) in [4.78, 5) is 26.1. The van der Waals surface area contributed by atoms with Crippen LogP contribution in [0.1, 0.15) is 20.7 Å². The minimum atomic E-state index is -0.637. The summed E-state index contributed by atoms with van der Waals surface area (Å²) < 4.78 is 0. The van der Waals surface area contributed by atoms with Gasteiger partial charge in [-0.1, -0.05) is 24.3 Å². The zero-order valence-electron chi connectivity index (χ0n) is 14.4. The Hall–Kier alpha value is -3.10. The van der Waals surface area contributed by atoms with Crippen molar-refractivity contribution in [3.63, 3.8) is 0 Å². The second-order valence-electron chi connectivity index (χ2n) is 5.80. The molecule has 4 N–H and O–H groups in total. The molecule has 28 heavy (non-hydrogen) atoms. The van der Waals surface area contributed by atoms with Gasteiger partial charge in [0.25, 0.3) is 11.8 Å². The van der Waals surface area contributed by atoms with E-state index in [9.17, 15) is 19.8 Å². The zero-order chi connectivity index (χ0) is 20.3. The number of carbonyl (C=O) groups is 2. The number of aromatic hydroxyl groups is 2. The van der Waals surface area contributed by atoms with E-state index in [1.54, 1.807) is 42.5 Å². The summed E-state index contributed by atoms with van der Waals surface area (Å²) in [7, 11) is 0. The maximum atomic E-state index is 12.6. The fraction of sp³-hybridized carbons (Fsp3) is 0. The maximum Gasteiger partial charge on any atom is 0.259 e. The van der Waals surface area contributed by atoms with Gasteiger partial charge in [-0.05, 0) is 36.4 Å². The van der Waals surface area contributed by atoms with Crippen LogP contribution in [0.25, 0.3) is 0 Å². The van der Waals surface area contributed by atoms with Crippen LogP contribution in [0.4, 0.5) is 11.4 Å². The number of hydrogen-bond donors (Lipinski definition) is 6. The minimum Gasteiger partial charge on any atom is -0.504 e. The van der Waals surface area contributed by atoms with E-state index in [0.717, 1.165) is 0 Å². The minimum absolute atomic E-state index is 0.0958. The Balaban J connectivity index is 1.85. The Labute approximate surface area is 172 Å². The Morgan fingerprint density at radius 2 is 1.25 bits per heavy atom. The van der Waals surface area contributed by atoms with Crippen LogP contribution in [-0.2, 0) is 0 Å². The number of anilines is 2. The average molecular weight is 412 g/mol. The number of thiol groups is 2. The SMILES string of the molecule is O=C(Nc1ccccc1NC(=O)c1cccc(S)c1S)c1cccc(O)c1O. The smallest absolute Gasteiger partial charge is 0.259 e. The third kappa shape index (κ3) is 4.08. The number of amides is 2. The van der Waals surface area contributed by atoms with Gasteiger partial charge >= 0.3 is 0 Å². The van der Waals surface area contributed by atoms with E-state index >= 15 is 0 Å². The molecule has 2 amide bonds.